The first-order valence-electron chi connectivity index (χ1n) is 9.57. The topological polar surface area (TPSA) is 89.4 Å². The molecule has 7 nitrogen and oxygen atoms in total. The van der Waals surface area contributed by atoms with E-state index in [0.717, 1.165) is 4.90 Å². The lowest BCUT2D eigenvalue weighted by molar-refractivity contribution is -0.117. The van der Waals surface area contributed by atoms with Gasteiger partial charge in [-0.05, 0) is 30.3 Å². The molecular formula is C23H23N3O4S. The highest BCUT2D eigenvalue weighted by Crippen LogP contribution is 2.23. The predicted molar refractivity (Wildman–Crippen MR) is 123 cm³/mol. The lowest BCUT2D eigenvalue weighted by Crippen LogP contribution is -2.22. The molecule has 3 aromatic rings. The summed E-state index contributed by atoms with van der Waals surface area (Å²) in [7, 11) is 1.42. The number of methoxy groups -OCH3 is 1. The first-order chi connectivity index (χ1) is 14.9. The Morgan fingerprint density at radius 1 is 1.00 bits per heavy atom. The molecule has 1 heterocycles. The van der Waals surface area contributed by atoms with E-state index in [4.69, 9.17) is 4.74 Å². The molecular weight excluding hydrogens is 414 g/mol. The van der Waals surface area contributed by atoms with Crippen LogP contribution in [0.2, 0.25) is 0 Å². The van der Waals surface area contributed by atoms with Crippen molar-refractivity contribution in [2.45, 2.75) is 24.1 Å². The standard InChI is InChI=1S/C23H23N3O4S/c1-16(27)24-17-7-6-8-18(11-17)25-23(29)14-26-13-22(30-2)21(28)12-19(26)15-31-20-9-4-3-5-10-20/h3-13H,14-15H2,1-2H3,(H,24,27)(H,25,29). The minimum atomic E-state index is -0.267. The molecule has 1 aromatic heterocycles. The van der Waals surface area contributed by atoms with E-state index in [9.17, 15) is 14.4 Å². The molecule has 0 aliphatic rings. The Morgan fingerprint density at radius 3 is 2.39 bits per heavy atom. The van der Waals surface area contributed by atoms with Gasteiger partial charge in [-0.2, -0.15) is 0 Å². The van der Waals surface area contributed by atoms with Gasteiger partial charge in [0.05, 0.1) is 13.3 Å². The first kappa shape index (κ1) is 22.2. The van der Waals surface area contributed by atoms with Crippen LogP contribution < -0.4 is 20.8 Å². The van der Waals surface area contributed by atoms with Crippen molar-refractivity contribution in [1.82, 2.24) is 4.57 Å². The molecule has 0 aliphatic carbocycles. The molecule has 0 fully saturated rings. The van der Waals surface area contributed by atoms with Crippen LogP contribution in [0.1, 0.15) is 12.6 Å². The van der Waals surface area contributed by atoms with Crippen molar-refractivity contribution < 1.29 is 14.3 Å². The number of ether oxygens (including phenoxy) is 1. The average Bonchev–Trinajstić information content (AvgIpc) is 2.74. The average molecular weight is 438 g/mol. The number of carbonyl (C=O) groups excluding carboxylic acids is 2. The van der Waals surface area contributed by atoms with E-state index in [1.807, 2.05) is 30.3 Å². The molecule has 8 heteroatoms. The van der Waals surface area contributed by atoms with Crippen LogP contribution >= 0.6 is 11.8 Å². The second-order valence-electron chi connectivity index (χ2n) is 6.74. The van der Waals surface area contributed by atoms with E-state index in [-0.39, 0.29) is 29.5 Å². The van der Waals surface area contributed by atoms with Crippen LogP contribution in [0.25, 0.3) is 0 Å². The molecule has 2 amide bonds. The zero-order valence-corrected chi connectivity index (χ0v) is 18.1. The number of aromatic nitrogens is 1. The lowest BCUT2D eigenvalue weighted by atomic mass is 10.2. The van der Waals surface area contributed by atoms with Crippen LogP contribution in [0.3, 0.4) is 0 Å². The van der Waals surface area contributed by atoms with Gasteiger partial charge in [-0.15, -0.1) is 11.8 Å². The van der Waals surface area contributed by atoms with E-state index in [0.29, 0.717) is 22.8 Å². The molecule has 31 heavy (non-hydrogen) atoms. The molecule has 0 spiro atoms. The maximum atomic E-state index is 12.7. The molecule has 0 atom stereocenters. The van der Waals surface area contributed by atoms with Gasteiger partial charge >= 0.3 is 0 Å². The number of pyridine rings is 1. The number of carbonyl (C=O) groups is 2. The molecule has 0 aliphatic heterocycles. The molecule has 0 saturated heterocycles. The third-order valence-corrected chi connectivity index (χ3v) is 5.36. The molecule has 2 aromatic carbocycles. The molecule has 160 valence electrons. The summed E-state index contributed by atoms with van der Waals surface area (Å²) in [5, 5.41) is 5.50. The summed E-state index contributed by atoms with van der Waals surface area (Å²) in [6, 6.07) is 18.2. The molecule has 0 unspecified atom stereocenters. The summed E-state index contributed by atoms with van der Waals surface area (Å²) in [5.41, 5.74) is 1.63. The van der Waals surface area contributed by atoms with Gasteiger partial charge in [0.2, 0.25) is 17.2 Å². The smallest absolute Gasteiger partial charge is 0.244 e. The Balaban J connectivity index is 1.76. The van der Waals surface area contributed by atoms with Crippen molar-refractivity contribution in [3.05, 3.63) is 82.8 Å². The molecule has 0 radical (unpaired) electrons. The quantitative estimate of drug-likeness (QED) is 0.524. The number of thioether (sulfide) groups is 1. The summed E-state index contributed by atoms with van der Waals surface area (Å²) in [6.07, 6.45) is 1.55. The molecule has 2 N–H and O–H groups in total. The van der Waals surface area contributed by atoms with E-state index in [1.54, 1.807) is 46.8 Å². The van der Waals surface area contributed by atoms with Gasteiger partial charge < -0.3 is 19.9 Å². The monoisotopic (exact) mass is 437 g/mol. The highest BCUT2D eigenvalue weighted by atomic mass is 32.2. The number of anilines is 2. The Labute approximate surface area is 184 Å². The highest BCUT2D eigenvalue weighted by Gasteiger charge is 2.12. The molecule has 3 rings (SSSR count). The van der Waals surface area contributed by atoms with E-state index in [2.05, 4.69) is 10.6 Å². The maximum Gasteiger partial charge on any atom is 0.244 e. The zero-order valence-electron chi connectivity index (χ0n) is 17.3. The number of rotatable bonds is 8. The highest BCUT2D eigenvalue weighted by molar-refractivity contribution is 7.98. The summed E-state index contributed by atoms with van der Waals surface area (Å²) in [4.78, 5) is 37.2. The number of nitrogens with one attached hydrogen (secondary N) is 2. The van der Waals surface area contributed by atoms with Gasteiger partial charge in [0, 0.05) is 40.7 Å². The van der Waals surface area contributed by atoms with Crippen LogP contribution in [0.15, 0.2) is 76.6 Å². The lowest BCUT2D eigenvalue weighted by Gasteiger charge is -2.15. The van der Waals surface area contributed by atoms with Crippen LogP contribution in [0.4, 0.5) is 11.4 Å². The van der Waals surface area contributed by atoms with Gasteiger partial charge in [0.25, 0.3) is 0 Å². The molecule has 0 bridgehead atoms. The largest absolute Gasteiger partial charge is 0.491 e. The number of amides is 2. The fourth-order valence-electron chi connectivity index (χ4n) is 2.93. The zero-order chi connectivity index (χ0) is 22.2. The number of nitrogens with zero attached hydrogens (tertiary/aromatic N) is 1. The van der Waals surface area contributed by atoms with Crippen molar-refractivity contribution in [3.8, 4) is 5.75 Å². The van der Waals surface area contributed by atoms with Crippen molar-refractivity contribution >= 4 is 35.0 Å². The minimum Gasteiger partial charge on any atom is -0.491 e. The summed E-state index contributed by atoms with van der Waals surface area (Å²) >= 11 is 1.58. The number of benzene rings is 2. The van der Waals surface area contributed by atoms with Crippen molar-refractivity contribution in [2.24, 2.45) is 0 Å². The van der Waals surface area contributed by atoms with Crippen LogP contribution in [-0.2, 0) is 21.9 Å². The number of hydrogen-bond donors (Lipinski definition) is 2. The molecule has 0 saturated carbocycles. The third-order valence-electron chi connectivity index (χ3n) is 4.31. The van der Waals surface area contributed by atoms with Gasteiger partial charge in [0.15, 0.2) is 5.75 Å². The van der Waals surface area contributed by atoms with Gasteiger partial charge in [-0.25, -0.2) is 0 Å². The van der Waals surface area contributed by atoms with Crippen molar-refractivity contribution in [1.29, 1.82) is 0 Å². The van der Waals surface area contributed by atoms with Crippen LogP contribution in [-0.4, -0.2) is 23.5 Å². The predicted octanol–water partition coefficient (Wildman–Crippen LogP) is 3.75. The Hall–Kier alpha value is -3.52. The van der Waals surface area contributed by atoms with Gasteiger partial charge in [-0.1, -0.05) is 24.3 Å². The third kappa shape index (κ3) is 6.48. The minimum absolute atomic E-state index is 0.00564. The number of hydrogen-bond acceptors (Lipinski definition) is 5. The van der Waals surface area contributed by atoms with Crippen LogP contribution in [0, 0.1) is 0 Å². The SMILES string of the molecule is COc1cn(CC(=O)Nc2cccc(NC(C)=O)c2)c(CSc2ccccc2)cc1=O. The normalized spacial score (nSPS) is 10.4. The summed E-state index contributed by atoms with van der Waals surface area (Å²) in [6.45, 7) is 1.43. The van der Waals surface area contributed by atoms with Crippen LogP contribution in [0.5, 0.6) is 5.75 Å². The fourth-order valence-corrected chi connectivity index (χ4v) is 3.84. The van der Waals surface area contributed by atoms with E-state index >= 15 is 0 Å². The maximum absolute atomic E-state index is 12.7. The fraction of sp³-hybridized carbons (Fsp3) is 0.174. The van der Waals surface area contributed by atoms with E-state index < -0.39 is 0 Å². The second kappa shape index (κ2) is 10.5. The summed E-state index contributed by atoms with van der Waals surface area (Å²) < 4.78 is 6.86. The van der Waals surface area contributed by atoms with Gasteiger partial charge in [-0.3, -0.25) is 14.4 Å². The Morgan fingerprint density at radius 2 is 1.71 bits per heavy atom. The van der Waals surface area contributed by atoms with Crippen molar-refractivity contribution in [3.63, 3.8) is 0 Å². The Bertz CT molecular complexity index is 1130. The Kier molecular flexibility index (Phi) is 7.50. The van der Waals surface area contributed by atoms with Gasteiger partial charge in [0.1, 0.15) is 6.54 Å². The first-order valence-corrected chi connectivity index (χ1v) is 10.6. The van der Waals surface area contributed by atoms with E-state index in [1.165, 1.54) is 20.1 Å². The summed E-state index contributed by atoms with van der Waals surface area (Å²) in [5.74, 6) is 0.240. The second-order valence-corrected chi connectivity index (χ2v) is 7.79. The van der Waals surface area contributed by atoms with Crippen molar-refractivity contribution in [2.75, 3.05) is 17.7 Å².